The predicted molar refractivity (Wildman–Crippen MR) is 79.6 cm³/mol. The van der Waals surface area contributed by atoms with E-state index >= 15 is 0 Å². The molecular formula is C12H9ClN2OS2. The molecule has 1 saturated heterocycles. The van der Waals surface area contributed by atoms with Gasteiger partial charge in [0.25, 0.3) is 5.91 Å². The van der Waals surface area contributed by atoms with Crippen molar-refractivity contribution in [1.29, 1.82) is 0 Å². The molecule has 2 rings (SSSR count). The monoisotopic (exact) mass is 296 g/mol. The molecule has 0 aromatic heterocycles. The number of rotatable bonds is 2. The van der Waals surface area contributed by atoms with Crippen molar-refractivity contribution in [3.05, 3.63) is 51.9 Å². The van der Waals surface area contributed by atoms with E-state index in [0.29, 0.717) is 14.3 Å². The Labute approximate surface area is 119 Å². The van der Waals surface area contributed by atoms with Gasteiger partial charge in [0, 0.05) is 5.03 Å². The molecule has 1 aromatic rings. The molecule has 0 unspecified atom stereocenters. The van der Waals surface area contributed by atoms with Gasteiger partial charge in [-0.1, -0.05) is 65.9 Å². The molecule has 1 aromatic carbocycles. The summed E-state index contributed by atoms with van der Waals surface area (Å²) >= 11 is 12.1. The third-order valence-corrected chi connectivity index (χ3v) is 3.75. The van der Waals surface area contributed by atoms with Crippen molar-refractivity contribution >= 4 is 51.9 Å². The number of hydrazine groups is 1. The molecule has 0 aliphatic carbocycles. The van der Waals surface area contributed by atoms with E-state index in [2.05, 4.69) is 0 Å². The Hall–Kier alpha value is -1.14. The zero-order valence-electron chi connectivity index (χ0n) is 9.17. The van der Waals surface area contributed by atoms with Gasteiger partial charge < -0.3 is 0 Å². The Morgan fingerprint density at radius 3 is 2.61 bits per heavy atom. The number of carbonyl (C=O) groups is 1. The Balaban J connectivity index is 2.22. The molecule has 0 radical (unpaired) electrons. The minimum Gasteiger partial charge on any atom is -0.267 e. The lowest BCUT2D eigenvalue weighted by atomic mass is 10.2. The average molecular weight is 297 g/mol. The van der Waals surface area contributed by atoms with Crippen LogP contribution in [0, 0.1) is 0 Å². The number of hydrogen-bond donors (Lipinski definition) is 1. The van der Waals surface area contributed by atoms with E-state index in [4.69, 9.17) is 29.7 Å². The first-order chi connectivity index (χ1) is 8.58. The number of carbonyl (C=O) groups excluding carboxylic acids is 1. The van der Waals surface area contributed by atoms with Crippen molar-refractivity contribution in [1.82, 2.24) is 5.01 Å². The Bertz CT molecular complexity index is 554. The van der Waals surface area contributed by atoms with E-state index in [1.165, 1.54) is 0 Å². The predicted octanol–water partition coefficient (Wildman–Crippen LogP) is 2.88. The van der Waals surface area contributed by atoms with E-state index in [1.54, 1.807) is 12.2 Å². The number of thioether (sulfide) groups is 1. The van der Waals surface area contributed by atoms with Crippen LogP contribution in [0.15, 0.2) is 46.3 Å². The molecule has 92 valence electrons. The second-order valence-corrected chi connectivity index (χ2v) is 5.60. The zero-order chi connectivity index (χ0) is 13.1. The molecule has 1 amide bonds. The lowest BCUT2D eigenvalue weighted by molar-refractivity contribution is -0.122. The third-order valence-electron chi connectivity index (χ3n) is 2.20. The van der Waals surface area contributed by atoms with Crippen LogP contribution in [0.5, 0.6) is 0 Å². The molecular weight excluding hydrogens is 288 g/mol. The first-order valence-corrected chi connectivity index (χ1v) is 6.63. The number of nitrogens with two attached hydrogens (primary N) is 1. The number of benzene rings is 1. The lowest BCUT2D eigenvalue weighted by Crippen LogP contribution is -2.34. The summed E-state index contributed by atoms with van der Waals surface area (Å²) in [5, 5.41) is 1.40. The SMILES string of the molecule is NN1C(=O)/C(=C/C(Cl)=C/c2ccccc2)SC1=S. The van der Waals surface area contributed by atoms with Crippen LogP contribution in [0.3, 0.4) is 0 Å². The maximum Gasteiger partial charge on any atom is 0.280 e. The normalized spacial score (nSPS) is 18.9. The minimum absolute atomic E-state index is 0.329. The first kappa shape index (κ1) is 13.3. The van der Waals surface area contributed by atoms with E-state index in [-0.39, 0.29) is 5.91 Å². The molecule has 0 bridgehead atoms. The highest BCUT2D eigenvalue weighted by Crippen LogP contribution is 2.30. The van der Waals surface area contributed by atoms with Gasteiger partial charge in [-0.2, -0.15) is 0 Å². The van der Waals surface area contributed by atoms with Crippen molar-refractivity contribution in [2.75, 3.05) is 0 Å². The van der Waals surface area contributed by atoms with Crippen LogP contribution >= 0.6 is 35.6 Å². The number of nitrogens with zero attached hydrogens (tertiary/aromatic N) is 1. The summed E-state index contributed by atoms with van der Waals surface area (Å²) in [4.78, 5) is 12.1. The fraction of sp³-hybridized carbons (Fsp3) is 0. The molecule has 0 spiro atoms. The first-order valence-electron chi connectivity index (χ1n) is 5.03. The zero-order valence-corrected chi connectivity index (χ0v) is 11.6. The Kier molecular flexibility index (Phi) is 4.19. The van der Waals surface area contributed by atoms with E-state index in [9.17, 15) is 4.79 Å². The summed E-state index contributed by atoms with van der Waals surface area (Å²) in [6.45, 7) is 0. The quantitative estimate of drug-likeness (QED) is 0.394. The van der Waals surface area contributed by atoms with Crippen molar-refractivity contribution < 1.29 is 4.79 Å². The molecule has 1 heterocycles. The highest BCUT2D eigenvalue weighted by Gasteiger charge is 2.29. The van der Waals surface area contributed by atoms with Crippen molar-refractivity contribution in [3.63, 3.8) is 0 Å². The second-order valence-electron chi connectivity index (χ2n) is 3.49. The number of allylic oxidation sites excluding steroid dienone is 2. The Morgan fingerprint density at radius 1 is 1.39 bits per heavy atom. The standard InChI is InChI=1S/C12H9ClN2OS2/c13-9(6-8-4-2-1-3-5-8)7-10-11(16)15(14)12(17)18-10/h1-7H,14H2/b9-6-,10-7-. The van der Waals surface area contributed by atoms with Gasteiger partial charge in [0.2, 0.25) is 0 Å². The van der Waals surface area contributed by atoms with Crippen LogP contribution < -0.4 is 5.84 Å². The van der Waals surface area contributed by atoms with Gasteiger partial charge in [-0.25, -0.2) is 10.9 Å². The summed E-state index contributed by atoms with van der Waals surface area (Å²) in [6, 6.07) is 9.59. The lowest BCUT2D eigenvalue weighted by Gasteiger charge is -2.02. The molecule has 3 nitrogen and oxygen atoms in total. The van der Waals surface area contributed by atoms with Gasteiger partial charge in [-0.05, 0) is 17.7 Å². The fourth-order valence-electron chi connectivity index (χ4n) is 1.36. The van der Waals surface area contributed by atoms with Crippen LogP contribution in [0.4, 0.5) is 0 Å². The molecule has 2 N–H and O–H groups in total. The molecule has 0 atom stereocenters. The van der Waals surface area contributed by atoms with Crippen LogP contribution in [0.2, 0.25) is 0 Å². The highest BCUT2D eigenvalue weighted by molar-refractivity contribution is 8.26. The minimum atomic E-state index is -0.329. The summed E-state index contributed by atoms with van der Waals surface area (Å²) < 4.78 is 0.329. The smallest absolute Gasteiger partial charge is 0.267 e. The van der Waals surface area contributed by atoms with E-state index < -0.39 is 0 Å². The van der Waals surface area contributed by atoms with Crippen LogP contribution in [0.25, 0.3) is 6.08 Å². The van der Waals surface area contributed by atoms with Crippen molar-refractivity contribution in [2.24, 2.45) is 5.84 Å². The fourth-order valence-corrected chi connectivity index (χ4v) is 2.75. The molecule has 18 heavy (non-hydrogen) atoms. The van der Waals surface area contributed by atoms with Gasteiger partial charge in [0.15, 0.2) is 4.32 Å². The molecule has 1 aliphatic heterocycles. The Morgan fingerprint density at radius 2 is 2.06 bits per heavy atom. The van der Waals surface area contributed by atoms with Crippen LogP contribution in [-0.2, 0) is 4.79 Å². The number of amides is 1. The maximum atomic E-state index is 11.6. The largest absolute Gasteiger partial charge is 0.280 e. The third kappa shape index (κ3) is 3.00. The van der Waals surface area contributed by atoms with Crippen molar-refractivity contribution in [2.45, 2.75) is 0 Å². The second kappa shape index (κ2) is 5.67. The van der Waals surface area contributed by atoms with Gasteiger partial charge in [0.05, 0.1) is 4.91 Å². The topological polar surface area (TPSA) is 46.3 Å². The highest BCUT2D eigenvalue weighted by atomic mass is 35.5. The summed E-state index contributed by atoms with van der Waals surface area (Å²) in [7, 11) is 0. The van der Waals surface area contributed by atoms with Crippen LogP contribution in [0.1, 0.15) is 5.56 Å². The van der Waals surface area contributed by atoms with Gasteiger partial charge in [0.1, 0.15) is 0 Å². The summed E-state index contributed by atoms with van der Waals surface area (Å²) in [5.41, 5.74) is 0.960. The van der Waals surface area contributed by atoms with Gasteiger partial charge >= 0.3 is 0 Å². The molecule has 1 fully saturated rings. The number of thiocarbonyl (C=S) groups is 1. The van der Waals surface area contributed by atoms with Gasteiger partial charge in [-0.3, -0.25) is 4.79 Å². The van der Waals surface area contributed by atoms with Crippen molar-refractivity contribution in [3.8, 4) is 0 Å². The molecule has 0 saturated carbocycles. The number of hydrogen-bond acceptors (Lipinski definition) is 4. The molecule has 6 heteroatoms. The van der Waals surface area contributed by atoms with E-state index in [0.717, 1.165) is 22.3 Å². The molecule has 1 aliphatic rings. The average Bonchev–Trinajstić information content (AvgIpc) is 2.58. The number of halogens is 1. The van der Waals surface area contributed by atoms with Crippen LogP contribution in [-0.4, -0.2) is 15.2 Å². The summed E-state index contributed by atoms with van der Waals surface area (Å²) in [5.74, 6) is 5.13. The van der Waals surface area contributed by atoms with Gasteiger partial charge in [-0.15, -0.1) is 0 Å². The maximum absolute atomic E-state index is 11.6. The summed E-state index contributed by atoms with van der Waals surface area (Å²) in [6.07, 6.45) is 3.34. The van der Waals surface area contributed by atoms with E-state index in [1.807, 2.05) is 30.3 Å².